The van der Waals surface area contributed by atoms with Crippen molar-refractivity contribution < 1.29 is 18.4 Å². The lowest BCUT2D eigenvalue weighted by atomic mass is 10.1. The minimum absolute atomic E-state index is 0.0980. The van der Waals surface area contributed by atoms with Gasteiger partial charge in [-0.3, -0.25) is 0 Å². The normalized spacial score (nSPS) is 10.8. The Labute approximate surface area is 110 Å². The number of methoxy groups -OCH3 is 1. The first-order chi connectivity index (χ1) is 9.02. The zero-order valence-corrected chi connectivity index (χ0v) is 10.9. The monoisotopic (exact) mass is 266 g/mol. The van der Waals surface area contributed by atoms with E-state index in [0.29, 0.717) is 22.6 Å². The lowest BCUT2D eigenvalue weighted by Crippen LogP contribution is -2.08. The maximum absolute atomic E-state index is 13.6. The van der Waals surface area contributed by atoms with E-state index < -0.39 is 5.82 Å². The van der Waals surface area contributed by atoms with Gasteiger partial charge in [0.15, 0.2) is 11.5 Å². The van der Waals surface area contributed by atoms with Crippen LogP contribution in [0.3, 0.4) is 0 Å². The van der Waals surface area contributed by atoms with Gasteiger partial charge in [0, 0.05) is 11.6 Å². The quantitative estimate of drug-likeness (QED) is 0.921. The molecule has 6 heteroatoms. The van der Waals surface area contributed by atoms with Crippen LogP contribution in [0.1, 0.15) is 13.8 Å². The van der Waals surface area contributed by atoms with Crippen LogP contribution in [-0.2, 0) is 0 Å². The summed E-state index contributed by atoms with van der Waals surface area (Å²) in [5.41, 5.74) is 6.58. The maximum atomic E-state index is 13.6. The molecule has 2 rings (SSSR count). The third kappa shape index (κ3) is 2.62. The first-order valence-electron chi connectivity index (χ1n) is 5.77. The lowest BCUT2D eigenvalue weighted by Gasteiger charge is -2.17. The van der Waals surface area contributed by atoms with E-state index in [-0.39, 0.29) is 12.0 Å². The van der Waals surface area contributed by atoms with Gasteiger partial charge in [-0.1, -0.05) is 5.16 Å². The molecule has 0 aliphatic rings. The predicted octanol–water partition coefficient (Wildman–Crippen LogP) is 2.86. The summed E-state index contributed by atoms with van der Waals surface area (Å²) in [4.78, 5) is 0. The molecule has 1 aromatic heterocycles. The second-order valence-corrected chi connectivity index (χ2v) is 4.26. The Balaban J connectivity index is 2.63. The van der Waals surface area contributed by atoms with Gasteiger partial charge in [0.05, 0.1) is 25.0 Å². The Bertz CT molecular complexity index is 581. The lowest BCUT2D eigenvalue weighted by molar-refractivity contribution is 0.230. The summed E-state index contributed by atoms with van der Waals surface area (Å²) >= 11 is 0. The topological polar surface area (TPSA) is 70.5 Å². The highest BCUT2D eigenvalue weighted by atomic mass is 19.1. The molecule has 5 nitrogen and oxygen atoms in total. The van der Waals surface area contributed by atoms with Crippen LogP contribution in [0, 0.1) is 5.82 Å². The third-order valence-electron chi connectivity index (χ3n) is 2.48. The van der Waals surface area contributed by atoms with Crippen molar-refractivity contribution in [2.45, 2.75) is 20.0 Å². The van der Waals surface area contributed by atoms with Crippen LogP contribution >= 0.6 is 0 Å². The van der Waals surface area contributed by atoms with Gasteiger partial charge in [-0.25, -0.2) is 4.39 Å². The number of benzene rings is 1. The number of nitrogen functional groups attached to an aromatic ring is 1. The average molecular weight is 266 g/mol. The van der Waals surface area contributed by atoms with Crippen LogP contribution < -0.4 is 15.2 Å². The summed E-state index contributed by atoms with van der Waals surface area (Å²) in [7, 11) is 1.45. The van der Waals surface area contributed by atoms with E-state index in [1.165, 1.54) is 25.4 Å². The predicted molar refractivity (Wildman–Crippen MR) is 68.6 cm³/mol. The number of nitrogens with zero attached hydrogens (tertiary/aromatic N) is 1. The van der Waals surface area contributed by atoms with Crippen LogP contribution in [0.5, 0.6) is 11.5 Å². The van der Waals surface area contributed by atoms with E-state index in [0.717, 1.165) is 0 Å². The molecule has 0 radical (unpaired) electrons. The highest BCUT2D eigenvalue weighted by Gasteiger charge is 2.19. The molecule has 0 amide bonds. The number of halogens is 1. The Morgan fingerprint density at radius 1 is 1.32 bits per heavy atom. The Kier molecular flexibility index (Phi) is 3.59. The number of hydrogen-bond donors (Lipinski definition) is 1. The minimum Gasteiger partial charge on any atom is -0.493 e. The number of nitrogens with two attached hydrogens (primary N) is 1. The highest BCUT2D eigenvalue weighted by Crippen LogP contribution is 2.41. The molecule has 2 aromatic rings. The summed E-state index contributed by atoms with van der Waals surface area (Å²) in [5, 5.41) is 3.58. The highest BCUT2D eigenvalue weighted by molar-refractivity contribution is 5.79. The van der Waals surface area contributed by atoms with E-state index in [1.54, 1.807) is 0 Å². The van der Waals surface area contributed by atoms with Crippen molar-refractivity contribution in [2.75, 3.05) is 12.8 Å². The van der Waals surface area contributed by atoms with Crippen LogP contribution in [0.4, 0.5) is 10.3 Å². The molecule has 19 heavy (non-hydrogen) atoms. The van der Waals surface area contributed by atoms with Gasteiger partial charge in [-0.15, -0.1) is 0 Å². The van der Waals surface area contributed by atoms with Crippen LogP contribution in [0.2, 0.25) is 0 Å². The third-order valence-corrected chi connectivity index (χ3v) is 2.48. The van der Waals surface area contributed by atoms with Crippen molar-refractivity contribution in [3.05, 3.63) is 24.1 Å². The van der Waals surface area contributed by atoms with Crippen LogP contribution in [-0.4, -0.2) is 18.4 Å². The fourth-order valence-corrected chi connectivity index (χ4v) is 1.73. The van der Waals surface area contributed by atoms with E-state index in [2.05, 4.69) is 5.16 Å². The molecule has 0 atom stereocenters. The largest absolute Gasteiger partial charge is 0.493 e. The van der Waals surface area contributed by atoms with Gasteiger partial charge in [-0.2, -0.15) is 0 Å². The molecule has 2 N–H and O–H groups in total. The standard InChI is InChI=1S/C13H15FN2O3/c1-7(2)18-12-9(10-6-16-19-13(10)15)4-8(14)5-11(12)17-3/h4-7H,15H2,1-3H3. The molecule has 1 heterocycles. The molecule has 1 aromatic carbocycles. The number of anilines is 1. The van der Waals surface area contributed by atoms with Crippen molar-refractivity contribution in [3.63, 3.8) is 0 Å². The Morgan fingerprint density at radius 2 is 2.05 bits per heavy atom. The summed E-state index contributed by atoms with van der Waals surface area (Å²) in [6, 6.07) is 2.56. The average Bonchev–Trinajstić information content (AvgIpc) is 2.76. The van der Waals surface area contributed by atoms with E-state index >= 15 is 0 Å². The molecular weight excluding hydrogens is 251 g/mol. The van der Waals surface area contributed by atoms with Gasteiger partial charge in [0.25, 0.3) is 0 Å². The molecule has 0 aliphatic carbocycles. The van der Waals surface area contributed by atoms with Crippen molar-refractivity contribution in [2.24, 2.45) is 0 Å². The second kappa shape index (κ2) is 5.17. The van der Waals surface area contributed by atoms with E-state index in [1.807, 2.05) is 13.8 Å². The summed E-state index contributed by atoms with van der Waals surface area (Å²) in [5.74, 6) is 0.350. The van der Waals surface area contributed by atoms with Gasteiger partial charge in [-0.05, 0) is 19.9 Å². The number of hydrogen-bond acceptors (Lipinski definition) is 5. The maximum Gasteiger partial charge on any atom is 0.230 e. The van der Waals surface area contributed by atoms with Gasteiger partial charge >= 0.3 is 0 Å². The molecule has 0 saturated carbocycles. The first-order valence-corrected chi connectivity index (χ1v) is 5.77. The fourth-order valence-electron chi connectivity index (χ4n) is 1.73. The Morgan fingerprint density at radius 3 is 2.58 bits per heavy atom. The van der Waals surface area contributed by atoms with Crippen molar-refractivity contribution >= 4 is 5.88 Å². The van der Waals surface area contributed by atoms with Crippen molar-refractivity contribution in [1.29, 1.82) is 0 Å². The first kappa shape index (κ1) is 13.2. The molecule has 0 saturated heterocycles. The second-order valence-electron chi connectivity index (χ2n) is 4.26. The number of aromatic nitrogens is 1. The fraction of sp³-hybridized carbons (Fsp3) is 0.308. The number of rotatable bonds is 4. The van der Waals surface area contributed by atoms with Crippen LogP contribution in [0.15, 0.2) is 22.9 Å². The van der Waals surface area contributed by atoms with E-state index in [9.17, 15) is 4.39 Å². The number of ether oxygens (including phenoxy) is 2. The van der Waals surface area contributed by atoms with Gasteiger partial charge < -0.3 is 19.7 Å². The molecule has 0 aliphatic heterocycles. The van der Waals surface area contributed by atoms with Crippen molar-refractivity contribution in [1.82, 2.24) is 5.16 Å². The smallest absolute Gasteiger partial charge is 0.230 e. The molecule has 0 unspecified atom stereocenters. The Hall–Kier alpha value is -2.24. The van der Waals surface area contributed by atoms with E-state index in [4.69, 9.17) is 19.7 Å². The van der Waals surface area contributed by atoms with Gasteiger partial charge in [0.1, 0.15) is 5.82 Å². The molecular formula is C13H15FN2O3. The molecule has 0 fully saturated rings. The minimum atomic E-state index is -0.455. The van der Waals surface area contributed by atoms with Crippen molar-refractivity contribution in [3.8, 4) is 22.6 Å². The van der Waals surface area contributed by atoms with Gasteiger partial charge in [0.2, 0.25) is 5.88 Å². The summed E-state index contributed by atoms with van der Waals surface area (Å²) in [6.45, 7) is 3.73. The zero-order valence-electron chi connectivity index (χ0n) is 10.9. The molecule has 0 spiro atoms. The molecule has 0 bridgehead atoms. The summed E-state index contributed by atoms with van der Waals surface area (Å²) < 4.78 is 29.3. The molecule has 102 valence electrons. The zero-order chi connectivity index (χ0) is 14.0. The summed E-state index contributed by atoms with van der Waals surface area (Å²) in [6.07, 6.45) is 1.32. The SMILES string of the molecule is COc1cc(F)cc(-c2cnoc2N)c1OC(C)C. The van der Waals surface area contributed by atoms with Crippen LogP contribution in [0.25, 0.3) is 11.1 Å².